The lowest BCUT2D eigenvalue weighted by atomic mass is 9.67. The van der Waals surface area contributed by atoms with E-state index in [0.717, 1.165) is 27.5 Å². The minimum absolute atomic E-state index is 0.134. The lowest BCUT2D eigenvalue weighted by molar-refractivity contribution is 0.660. The highest BCUT2D eigenvalue weighted by atomic mass is 32.1. The van der Waals surface area contributed by atoms with Crippen LogP contribution >= 0.6 is 12.6 Å². The van der Waals surface area contributed by atoms with Crippen LogP contribution in [0.1, 0.15) is 58.4 Å². The maximum absolute atomic E-state index is 5.68. The van der Waals surface area contributed by atoms with Gasteiger partial charge in [0.2, 0.25) is 0 Å². The number of aryl methyl sites for hydroxylation is 1. The van der Waals surface area contributed by atoms with Crippen LogP contribution in [0.5, 0.6) is 0 Å². The molecule has 9 aromatic rings. The largest absolute Gasteiger partial charge is 0.310 e. The molecule has 0 aromatic heterocycles. The predicted octanol–water partition coefficient (Wildman–Crippen LogP) is 16.3. The lowest BCUT2D eigenvalue weighted by Gasteiger charge is -2.35. The van der Waals surface area contributed by atoms with Gasteiger partial charge in [-0.05, 0) is 140 Å². The molecule has 0 bridgehead atoms. The smallest absolute Gasteiger partial charge is 0.0737 e. The highest BCUT2D eigenvalue weighted by Gasteiger charge is 2.55. The van der Waals surface area contributed by atoms with Crippen LogP contribution < -0.4 is 9.80 Å². The first-order valence-electron chi connectivity index (χ1n) is 22.3. The minimum Gasteiger partial charge on any atom is -0.310 e. The van der Waals surface area contributed by atoms with Crippen molar-refractivity contribution in [2.75, 3.05) is 9.80 Å². The quantitative estimate of drug-likeness (QED) is 0.173. The summed E-state index contributed by atoms with van der Waals surface area (Å²) < 4.78 is 0. The van der Waals surface area contributed by atoms with Gasteiger partial charge in [0.15, 0.2) is 0 Å². The Labute approximate surface area is 380 Å². The number of rotatable bonds is 5. The van der Waals surface area contributed by atoms with Gasteiger partial charge in [0.1, 0.15) is 0 Å². The molecule has 1 spiro atoms. The summed E-state index contributed by atoms with van der Waals surface area (Å²) in [5, 5.41) is 0. The maximum atomic E-state index is 5.68. The van der Waals surface area contributed by atoms with E-state index in [-0.39, 0.29) is 5.41 Å². The fraction of sp³-hybridized carbons (Fsp3) is 0.0820. The van der Waals surface area contributed by atoms with E-state index in [0.29, 0.717) is 0 Å². The summed E-state index contributed by atoms with van der Waals surface area (Å²) in [4.78, 5) is 5.92. The molecule has 0 saturated carbocycles. The van der Waals surface area contributed by atoms with E-state index in [1.165, 1.54) is 95.0 Å². The number of hydrogen-bond donors (Lipinski definition) is 1. The number of anilines is 6. The Morgan fingerprint density at radius 2 is 0.984 bits per heavy atom. The zero-order valence-corrected chi connectivity index (χ0v) is 36.9. The van der Waals surface area contributed by atoms with Gasteiger partial charge in [0, 0.05) is 44.2 Å². The van der Waals surface area contributed by atoms with Gasteiger partial charge in [-0.1, -0.05) is 159 Å². The Morgan fingerprint density at radius 3 is 1.73 bits per heavy atom. The second kappa shape index (κ2) is 13.6. The number of thiol groups is 1. The molecule has 304 valence electrons. The van der Waals surface area contributed by atoms with Crippen molar-refractivity contribution in [2.45, 2.75) is 31.6 Å². The number of allylic oxidation sites excluding steroid dienone is 1. The van der Waals surface area contributed by atoms with E-state index in [2.05, 4.69) is 237 Å². The molecular formula is C61H44N2S. The molecule has 3 heteroatoms. The summed E-state index contributed by atoms with van der Waals surface area (Å²) >= 11 is 5.68. The standard InChI is InChI=1S/C61H44N2S/c1-38-18-10-11-23-43(38)58-59(64)48-36-41(62(39-19-6-4-7-20-39)40-21-8-5-9-22-40)33-35-50(48)61(58)51-28-16-26-47-46-25-13-15-30-54(46)63(55-31-17-29-52(61)57(55)56(47)51)42-32-34-45-44-24-12-14-27-49(44)60(2,3)53(45)37-42/h4-37,64H,1-3H3. The summed E-state index contributed by atoms with van der Waals surface area (Å²) in [5.74, 6) is 0. The van der Waals surface area contributed by atoms with Crippen molar-refractivity contribution in [1.29, 1.82) is 0 Å². The van der Waals surface area contributed by atoms with Crippen LogP contribution in [0.25, 0.3) is 43.9 Å². The van der Waals surface area contributed by atoms with Gasteiger partial charge >= 0.3 is 0 Å². The van der Waals surface area contributed by atoms with Gasteiger partial charge in [0.25, 0.3) is 0 Å². The highest BCUT2D eigenvalue weighted by Crippen LogP contribution is 2.69. The molecular weight excluding hydrogens is 793 g/mol. The molecule has 3 aliphatic carbocycles. The van der Waals surface area contributed by atoms with Gasteiger partial charge in [0.05, 0.1) is 16.8 Å². The average Bonchev–Trinajstić information content (AvgIpc) is 3.83. The van der Waals surface area contributed by atoms with Crippen LogP contribution in [-0.2, 0) is 10.8 Å². The molecule has 0 N–H and O–H groups in total. The van der Waals surface area contributed by atoms with E-state index in [1.54, 1.807) is 0 Å². The summed E-state index contributed by atoms with van der Waals surface area (Å²) in [6, 6.07) is 76.6. The third kappa shape index (κ3) is 4.88. The number of nitrogens with zero attached hydrogens (tertiary/aromatic N) is 2. The molecule has 0 amide bonds. The third-order valence-corrected chi connectivity index (χ3v) is 15.1. The molecule has 0 fully saturated rings. The second-order valence-electron chi connectivity index (χ2n) is 18.2. The van der Waals surface area contributed by atoms with E-state index in [4.69, 9.17) is 12.6 Å². The predicted molar refractivity (Wildman–Crippen MR) is 271 cm³/mol. The molecule has 0 radical (unpaired) electrons. The Hall–Kier alpha value is -7.33. The number of fused-ring (bicyclic) bond motifs is 9. The lowest BCUT2D eigenvalue weighted by Crippen LogP contribution is -2.27. The van der Waals surface area contributed by atoms with Crippen molar-refractivity contribution in [3.63, 3.8) is 0 Å². The normalized spacial score (nSPS) is 16.5. The first-order chi connectivity index (χ1) is 31.4. The number of benzene rings is 9. The molecule has 9 aromatic carbocycles. The van der Waals surface area contributed by atoms with Crippen molar-refractivity contribution in [3.8, 4) is 33.4 Å². The molecule has 1 aliphatic heterocycles. The minimum atomic E-state index is -0.641. The molecule has 2 nitrogen and oxygen atoms in total. The molecule has 1 unspecified atom stereocenters. The summed E-state index contributed by atoms with van der Waals surface area (Å²) in [6.07, 6.45) is 0. The Balaban J connectivity index is 1.10. The summed E-state index contributed by atoms with van der Waals surface area (Å²) in [5.41, 5.74) is 25.2. The van der Waals surface area contributed by atoms with Crippen molar-refractivity contribution in [3.05, 3.63) is 251 Å². The summed E-state index contributed by atoms with van der Waals surface area (Å²) in [6.45, 7) is 7.00. The molecule has 13 rings (SSSR count). The van der Waals surface area contributed by atoms with Crippen LogP contribution in [0.2, 0.25) is 0 Å². The third-order valence-electron chi connectivity index (χ3n) is 14.6. The van der Waals surface area contributed by atoms with Gasteiger partial charge in [-0.3, -0.25) is 0 Å². The van der Waals surface area contributed by atoms with Crippen LogP contribution in [0.15, 0.2) is 206 Å². The van der Waals surface area contributed by atoms with E-state index in [1.807, 2.05) is 0 Å². The van der Waals surface area contributed by atoms with E-state index >= 15 is 0 Å². The van der Waals surface area contributed by atoms with Gasteiger partial charge < -0.3 is 9.80 Å². The van der Waals surface area contributed by atoms with Crippen LogP contribution in [0.3, 0.4) is 0 Å². The van der Waals surface area contributed by atoms with Crippen molar-refractivity contribution in [2.24, 2.45) is 0 Å². The van der Waals surface area contributed by atoms with Gasteiger partial charge in [-0.2, -0.15) is 0 Å². The topological polar surface area (TPSA) is 6.48 Å². The summed E-state index contributed by atoms with van der Waals surface area (Å²) in [7, 11) is 0. The zero-order chi connectivity index (χ0) is 42.9. The van der Waals surface area contributed by atoms with Crippen LogP contribution in [0.4, 0.5) is 34.1 Å². The molecule has 0 saturated heterocycles. The highest BCUT2D eigenvalue weighted by molar-refractivity contribution is 7.91. The molecule has 64 heavy (non-hydrogen) atoms. The van der Waals surface area contributed by atoms with Crippen LogP contribution in [-0.4, -0.2) is 0 Å². The fourth-order valence-electron chi connectivity index (χ4n) is 11.9. The van der Waals surface area contributed by atoms with Crippen molar-refractivity contribution < 1.29 is 0 Å². The SMILES string of the molecule is Cc1ccccc1C1=C(S)c2cc(N(c3ccccc3)c3ccccc3)ccc2C12c1cccc3c1-c1c(cccc12)N(c1ccc2c(c1)C(C)(C)c1ccccc1-2)c1ccccc1-3. The Kier molecular flexibility index (Phi) is 7.91. The maximum Gasteiger partial charge on any atom is 0.0737 e. The fourth-order valence-corrected chi connectivity index (χ4v) is 12.4. The molecule has 4 aliphatic rings. The van der Waals surface area contributed by atoms with E-state index < -0.39 is 5.41 Å². The Morgan fingerprint density at radius 1 is 0.406 bits per heavy atom. The average molecular weight is 837 g/mol. The van der Waals surface area contributed by atoms with Crippen LogP contribution in [0, 0.1) is 6.92 Å². The second-order valence-corrected chi connectivity index (χ2v) is 18.7. The van der Waals surface area contributed by atoms with E-state index in [9.17, 15) is 0 Å². The number of hydrogen-bond acceptors (Lipinski definition) is 3. The monoisotopic (exact) mass is 836 g/mol. The van der Waals surface area contributed by atoms with Crippen molar-refractivity contribution >= 4 is 57.2 Å². The molecule has 1 heterocycles. The van der Waals surface area contributed by atoms with Gasteiger partial charge in [-0.15, -0.1) is 12.6 Å². The first kappa shape index (κ1) is 37.2. The van der Waals surface area contributed by atoms with Gasteiger partial charge in [-0.25, -0.2) is 0 Å². The Bertz CT molecular complexity index is 3410. The van der Waals surface area contributed by atoms with Crippen molar-refractivity contribution in [1.82, 2.24) is 0 Å². The molecule has 1 atom stereocenters. The zero-order valence-electron chi connectivity index (χ0n) is 36.0. The first-order valence-corrected chi connectivity index (χ1v) is 22.8. The number of para-hydroxylation sites is 3.